The van der Waals surface area contributed by atoms with Crippen molar-refractivity contribution >= 4 is 80.1 Å². The number of rotatable bonds is 7. The number of hydrogen-bond acceptors (Lipinski definition) is 9. The van der Waals surface area contributed by atoms with Gasteiger partial charge in [0, 0.05) is 27.5 Å². The van der Waals surface area contributed by atoms with Gasteiger partial charge in [-0.25, -0.2) is 4.98 Å². The van der Waals surface area contributed by atoms with Crippen molar-refractivity contribution in [3.05, 3.63) is 160 Å². The molecule has 6 atom stereocenters. The number of para-hydroxylation sites is 2. The van der Waals surface area contributed by atoms with Crippen LogP contribution in [-0.2, 0) is 24.6 Å². The lowest BCUT2D eigenvalue weighted by molar-refractivity contribution is -0.138. The maximum atomic E-state index is 15.7. The number of aromatic hydroxyl groups is 1. The summed E-state index contributed by atoms with van der Waals surface area (Å²) in [6.07, 6.45) is 2.23. The van der Waals surface area contributed by atoms with E-state index in [4.69, 9.17) is 32.4 Å². The van der Waals surface area contributed by atoms with E-state index >= 15 is 9.59 Å². The maximum absolute atomic E-state index is 15.7. The zero-order valence-electron chi connectivity index (χ0n) is 33.5. The Hall–Kier alpha value is -6.95. The van der Waals surface area contributed by atoms with Crippen molar-refractivity contribution in [2.45, 2.75) is 24.2 Å². The van der Waals surface area contributed by atoms with E-state index < -0.39 is 52.7 Å². The van der Waals surface area contributed by atoms with Crippen LogP contribution in [0.15, 0.2) is 143 Å². The number of carbonyl (C=O) groups is 4. The molecule has 0 spiro atoms. The Balaban J connectivity index is 1.05. The Labute approximate surface area is 370 Å². The molecule has 2 aliphatic carbocycles. The summed E-state index contributed by atoms with van der Waals surface area (Å²) in [5.74, 6) is -5.22. The Kier molecular flexibility index (Phi) is 9.01. The van der Waals surface area contributed by atoms with Gasteiger partial charge in [0.1, 0.15) is 17.0 Å². The molecule has 1 saturated carbocycles. The van der Waals surface area contributed by atoms with Crippen molar-refractivity contribution in [2.75, 3.05) is 17.4 Å². The molecule has 2 N–H and O–H groups in total. The lowest BCUT2D eigenvalue weighted by Gasteiger charge is -2.50. The van der Waals surface area contributed by atoms with E-state index in [9.17, 15) is 14.7 Å². The first-order valence-electron chi connectivity index (χ1n) is 20.6. The average molecular weight is 876 g/mol. The standard InChI is InChI=1S/C50H36Cl2N4O7/c1-62-31-18-13-28(14-19-31)50-37(47(59)56(49(50)61)54-39-23-15-29(51)24-38(39)52)25-36-33(43(50)35-20-12-26-6-2-3-7-32(26)44(35)57)21-22-34-42(36)48(60)55(46(34)58)30-16-10-27(11-17-30)45-53-40-8-4-5-9-41(40)63-45/h2-21,23-24,34,36-37,42-43,54,57H,22,25H2,1H3/t34-,36+,37-,42-,43+,50+/m0/s1. The van der Waals surface area contributed by atoms with E-state index in [-0.39, 0.29) is 35.2 Å². The van der Waals surface area contributed by atoms with Crippen LogP contribution in [0.3, 0.4) is 0 Å². The largest absolute Gasteiger partial charge is 0.507 e. The van der Waals surface area contributed by atoms with Crippen LogP contribution in [0.5, 0.6) is 11.5 Å². The van der Waals surface area contributed by atoms with Crippen LogP contribution < -0.4 is 15.1 Å². The molecule has 4 amide bonds. The van der Waals surface area contributed by atoms with E-state index in [1.165, 1.54) is 11.0 Å². The van der Waals surface area contributed by atoms with E-state index in [2.05, 4.69) is 10.4 Å². The summed E-state index contributed by atoms with van der Waals surface area (Å²) in [6.45, 7) is 0. The van der Waals surface area contributed by atoms with Gasteiger partial charge in [0.2, 0.25) is 17.7 Å². The first-order valence-corrected chi connectivity index (χ1v) is 21.3. The SMILES string of the molecule is COc1ccc([C@@]23C(=O)N(Nc4ccc(Cl)cc4Cl)C(=O)[C@@H]2C[C@@H]2C(=CC[C@@H]4C(=O)N(c5ccc(-c6nc7ccccc7o6)cc5)C(=O)[C@@H]42)[C@@H]3c2ccc3ccccc3c2O)cc1. The number of allylic oxidation sites excluding steroid dienone is 2. The molecule has 3 heterocycles. The molecule has 2 saturated heterocycles. The fourth-order valence-corrected chi connectivity index (χ4v) is 11.1. The predicted molar refractivity (Wildman–Crippen MR) is 238 cm³/mol. The highest BCUT2D eigenvalue weighted by Crippen LogP contribution is 2.65. The number of nitrogens with zero attached hydrogens (tertiary/aromatic N) is 3. The van der Waals surface area contributed by atoms with Crippen LogP contribution >= 0.6 is 23.2 Å². The molecule has 11 rings (SSSR count). The Morgan fingerprint density at radius 1 is 0.825 bits per heavy atom. The molecule has 3 fully saturated rings. The third-order valence-corrected chi connectivity index (χ3v) is 14.0. The Morgan fingerprint density at radius 3 is 2.35 bits per heavy atom. The number of imide groups is 2. The first kappa shape index (κ1) is 38.9. The number of anilines is 2. The third kappa shape index (κ3) is 5.76. The number of benzene rings is 6. The van der Waals surface area contributed by atoms with E-state index in [1.54, 1.807) is 73.8 Å². The fourth-order valence-electron chi connectivity index (χ4n) is 10.7. The monoisotopic (exact) mass is 874 g/mol. The predicted octanol–water partition coefficient (Wildman–Crippen LogP) is 9.86. The molecule has 312 valence electrons. The highest BCUT2D eigenvalue weighted by molar-refractivity contribution is 6.36. The van der Waals surface area contributed by atoms with E-state index in [0.29, 0.717) is 61.1 Å². The maximum Gasteiger partial charge on any atom is 0.260 e. The average Bonchev–Trinajstić information content (AvgIpc) is 3.92. The Bertz CT molecular complexity index is 3080. The first-order chi connectivity index (χ1) is 30.6. The molecule has 1 aromatic heterocycles. The van der Waals surface area contributed by atoms with Gasteiger partial charge in [-0.05, 0) is 96.4 Å². The summed E-state index contributed by atoms with van der Waals surface area (Å²) in [5.41, 5.74) is 5.73. The second-order valence-electron chi connectivity index (χ2n) is 16.5. The molecule has 63 heavy (non-hydrogen) atoms. The topological polar surface area (TPSA) is 142 Å². The number of halogens is 2. The third-order valence-electron chi connectivity index (χ3n) is 13.5. The van der Waals surface area contributed by atoms with Gasteiger partial charge in [-0.2, -0.15) is 5.01 Å². The second-order valence-corrected chi connectivity index (χ2v) is 17.3. The number of phenols is 1. The van der Waals surface area contributed by atoms with Gasteiger partial charge < -0.3 is 14.3 Å². The molecule has 0 bridgehead atoms. The number of hydrazine groups is 1. The zero-order valence-corrected chi connectivity index (χ0v) is 35.0. The summed E-state index contributed by atoms with van der Waals surface area (Å²) in [4.78, 5) is 66.2. The molecule has 13 heteroatoms. The number of amides is 4. The van der Waals surface area contributed by atoms with Crippen LogP contribution in [0, 0.1) is 23.7 Å². The molecule has 7 aromatic rings. The van der Waals surface area contributed by atoms with Gasteiger partial charge >= 0.3 is 0 Å². The van der Waals surface area contributed by atoms with Crippen LogP contribution in [0.1, 0.15) is 29.9 Å². The number of nitrogens with one attached hydrogen (secondary N) is 1. The molecule has 0 unspecified atom stereocenters. The second kappa shape index (κ2) is 14.6. The number of fused-ring (bicyclic) bond motifs is 6. The summed E-state index contributed by atoms with van der Waals surface area (Å²) in [5, 5.41) is 15.3. The quantitative estimate of drug-likeness (QED) is 0.118. The van der Waals surface area contributed by atoms with Crippen molar-refractivity contribution in [2.24, 2.45) is 23.7 Å². The van der Waals surface area contributed by atoms with Crippen LogP contribution in [0.2, 0.25) is 10.0 Å². The van der Waals surface area contributed by atoms with E-state index in [0.717, 1.165) is 10.4 Å². The minimum atomic E-state index is -1.64. The summed E-state index contributed by atoms with van der Waals surface area (Å²) in [7, 11) is 1.54. The van der Waals surface area contributed by atoms with Crippen molar-refractivity contribution in [3.8, 4) is 23.0 Å². The normalized spacial score (nSPS) is 24.1. The van der Waals surface area contributed by atoms with Gasteiger partial charge in [-0.3, -0.25) is 29.5 Å². The lowest BCUT2D eigenvalue weighted by atomic mass is 9.49. The molecular formula is C50H36Cl2N4O7. The number of methoxy groups -OCH3 is 1. The number of aromatic nitrogens is 1. The molecule has 11 nitrogen and oxygen atoms in total. The highest BCUT2D eigenvalue weighted by atomic mass is 35.5. The molecular weight excluding hydrogens is 839 g/mol. The van der Waals surface area contributed by atoms with E-state index in [1.807, 2.05) is 60.7 Å². The van der Waals surface area contributed by atoms with Crippen molar-refractivity contribution in [1.29, 1.82) is 0 Å². The van der Waals surface area contributed by atoms with Gasteiger partial charge in [-0.15, -0.1) is 0 Å². The number of phenolic OH excluding ortho intramolecular Hbond substituents is 1. The number of hydrogen-bond donors (Lipinski definition) is 2. The zero-order chi connectivity index (χ0) is 43.3. The van der Waals surface area contributed by atoms with Gasteiger partial charge in [0.15, 0.2) is 5.58 Å². The Morgan fingerprint density at radius 2 is 1.59 bits per heavy atom. The summed E-state index contributed by atoms with van der Waals surface area (Å²) >= 11 is 12.9. The summed E-state index contributed by atoms with van der Waals surface area (Å²) < 4.78 is 11.5. The van der Waals surface area contributed by atoms with Crippen molar-refractivity contribution < 1.29 is 33.4 Å². The number of ether oxygens (including phenoxy) is 1. The van der Waals surface area contributed by atoms with Crippen molar-refractivity contribution in [1.82, 2.24) is 9.99 Å². The molecule has 4 aliphatic rings. The van der Waals surface area contributed by atoms with Crippen LogP contribution in [0.4, 0.5) is 11.4 Å². The van der Waals surface area contributed by atoms with Gasteiger partial charge in [0.05, 0.1) is 46.7 Å². The van der Waals surface area contributed by atoms with Gasteiger partial charge in [-0.1, -0.05) is 95.5 Å². The smallest absolute Gasteiger partial charge is 0.260 e. The number of oxazole rings is 1. The number of carbonyl (C=O) groups excluding carboxylic acids is 4. The fraction of sp³-hybridized carbons (Fsp3) is 0.180. The van der Waals surface area contributed by atoms with Crippen LogP contribution in [0.25, 0.3) is 33.3 Å². The minimum absolute atomic E-state index is 0.0460. The molecule has 2 aliphatic heterocycles. The summed E-state index contributed by atoms with van der Waals surface area (Å²) in [6, 6.07) is 37.2. The molecule has 6 aromatic carbocycles. The minimum Gasteiger partial charge on any atom is -0.507 e. The van der Waals surface area contributed by atoms with Crippen molar-refractivity contribution in [3.63, 3.8) is 0 Å². The van der Waals surface area contributed by atoms with Gasteiger partial charge in [0.25, 0.3) is 11.8 Å². The van der Waals surface area contributed by atoms with Crippen LogP contribution in [-0.4, -0.2) is 45.8 Å². The highest BCUT2D eigenvalue weighted by Gasteiger charge is 2.70. The lowest BCUT2D eigenvalue weighted by Crippen LogP contribution is -2.53. The molecule has 0 radical (unpaired) electrons.